The average Bonchev–Trinajstić information content (AvgIpc) is 3.36. The number of carbonyl (C=O) groups is 2. The van der Waals surface area contributed by atoms with E-state index in [4.69, 9.17) is 5.73 Å². The summed E-state index contributed by atoms with van der Waals surface area (Å²) in [7, 11) is 0. The highest BCUT2D eigenvalue weighted by Gasteiger charge is 2.30. The van der Waals surface area contributed by atoms with Gasteiger partial charge in [-0.2, -0.15) is 0 Å². The zero-order valence-corrected chi connectivity index (χ0v) is 15.0. The topological polar surface area (TPSA) is 103 Å². The van der Waals surface area contributed by atoms with Gasteiger partial charge in [0.15, 0.2) is 5.16 Å². The molecule has 1 heterocycles. The summed E-state index contributed by atoms with van der Waals surface area (Å²) in [5.74, 6) is 0.928. The normalized spacial score (nSPS) is 15.0. The Bertz CT molecular complexity index is 783. The molecule has 0 radical (unpaired) electrons. The molecule has 1 aliphatic carbocycles. The van der Waals surface area contributed by atoms with Crippen molar-refractivity contribution in [2.45, 2.75) is 49.6 Å². The molecule has 1 saturated carbocycles. The van der Waals surface area contributed by atoms with Crippen LogP contribution in [0.25, 0.3) is 0 Å². The Morgan fingerprint density at radius 2 is 2.00 bits per heavy atom. The van der Waals surface area contributed by atoms with Gasteiger partial charge < -0.3 is 15.6 Å². The molecular weight excluding hydrogens is 338 g/mol. The van der Waals surface area contributed by atoms with Crippen LogP contribution in [0.1, 0.15) is 48.8 Å². The van der Waals surface area contributed by atoms with Crippen molar-refractivity contribution in [1.29, 1.82) is 0 Å². The summed E-state index contributed by atoms with van der Waals surface area (Å²) in [6, 6.07) is 6.50. The molecule has 7 nitrogen and oxygen atoms in total. The summed E-state index contributed by atoms with van der Waals surface area (Å²) < 4.78 is 2.09. The maximum absolute atomic E-state index is 12.4. The molecule has 1 aromatic carbocycles. The third-order valence-corrected chi connectivity index (χ3v) is 5.17. The Labute approximate surface area is 150 Å². The van der Waals surface area contributed by atoms with Crippen molar-refractivity contribution in [3.8, 4) is 0 Å². The molecule has 2 aromatic rings. The SMILES string of the molecule is CCn1c(SC(C)C(=O)Nc2ccc(C(N)=O)cc2)nnc1C1CC1. The van der Waals surface area contributed by atoms with Crippen LogP contribution in [0.5, 0.6) is 0 Å². The fourth-order valence-electron chi connectivity index (χ4n) is 2.50. The summed E-state index contributed by atoms with van der Waals surface area (Å²) in [6.45, 7) is 4.69. The van der Waals surface area contributed by atoms with Crippen LogP contribution in [0.4, 0.5) is 5.69 Å². The number of rotatable bonds is 7. The number of nitrogens with zero attached hydrogens (tertiary/aromatic N) is 3. The summed E-state index contributed by atoms with van der Waals surface area (Å²) in [5.41, 5.74) is 6.24. The van der Waals surface area contributed by atoms with Crippen molar-refractivity contribution >= 4 is 29.3 Å². The van der Waals surface area contributed by atoms with Gasteiger partial charge in [-0.3, -0.25) is 9.59 Å². The standard InChI is InChI=1S/C17H21N5O2S/c1-3-22-15(12-4-5-12)20-21-17(22)25-10(2)16(24)19-13-8-6-11(7-9-13)14(18)23/h6-10,12H,3-5H2,1-2H3,(H2,18,23)(H,19,24). The van der Waals surface area contributed by atoms with Gasteiger partial charge in [0.25, 0.3) is 0 Å². The highest BCUT2D eigenvalue weighted by atomic mass is 32.2. The van der Waals surface area contributed by atoms with Crippen molar-refractivity contribution < 1.29 is 9.59 Å². The lowest BCUT2D eigenvalue weighted by Crippen LogP contribution is -2.23. The molecule has 132 valence electrons. The van der Waals surface area contributed by atoms with E-state index < -0.39 is 5.91 Å². The smallest absolute Gasteiger partial charge is 0.248 e. The minimum atomic E-state index is -0.493. The van der Waals surface area contributed by atoms with Crippen LogP contribution < -0.4 is 11.1 Å². The molecule has 25 heavy (non-hydrogen) atoms. The fourth-order valence-corrected chi connectivity index (χ4v) is 3.42. The van der Waals surface area contributed by atoms with Gasteiger partial charge in [0.2, 0.25) is 11.8 Å². The molecule has 0 bridgehead atoms. The number of nitrogens with two attached hydrogens (primary N) is 1. The minimum absolute atomic E-state index is 0.129. The van der Waals surface area contributed by atoms with Gasteiger partial charge in [0.1, 0.15) is 5.82 Å². The van der Waals surface area contributed by atoms with E-state index in [0.717, 1.165) is 17.5 Å². The molecule has 1 atom stereocenters. The van der Waals surface area contributed by atoms with Crippen LogP contribution in [0, 0.1) is 0 Å². The fraction of sp³-hybridized carbons (Fsp3) is 0.412. The maximum atomic E-state index is 12.4. The van der Waals surface area contributed by atoms with Crippen LogP contribution >= 0.6 is 11.8 Å². The van der Waals surface area contributed by atoms with E-state index >= 15 is 0 Å². The van der Waals surface area contributed by atoms with E-state index in [9.17, 15) is 9.59 Å². The zero-order valence-electron chi connectivity index (χ0n) is 14.2. The molecule has 3 rings (SSSR count). The van der Waals surface area contributed by atoms with Crippen molar-refractivity contribution in [2.24, 2.45) is 5.73 Å². The van der Waals surface area contributed by atoms with Crippen molar-refractivity contribution in [2.75, 3.05) is 5.32 Å². The monoisotopic (exact) mass is 359 g/mol. The predicted octanol–water partition coefficient (Wildman–Crippen LogP) is 2.39. The van der Waals surface area contributed by atoms with E-state index in [2.05, 4.69) is 27.0 Å². The maximum Gasteiger partial charge on any atom is 0.248 e. The van der Waals surface area contributed by atoms with Crippen LogP contribution in [0.3, 0.4) is 0 Å². The summed E-state index contributed by atoms with van der Waals surface area (Å²) in [5, 5.41) is 11.8. The van der Waals surface area contributed by atoms with Gasteiger partial charge in [-0.1, -0.05) is 11.8 Å². The number of anilines is 1. The van der Waals surface area contributed by atoms with Gasteiger partial charge in [-0.15, -0.1) is 10.2 Å². The number of carbonyl (C=O) groups excluding carboxylic acids is 2. The second-order valence-electron chi connectivity index (χ2n) is 6.05. The number of hydrogen-bond acceptors (Lipinski definition) is 5. The van der Waals surface area contributed by atoms with Crippen molar-refractivity contribution in [1.82, 2.24) is 14.8 Å². The van der Waals surface area contributed by atoms with Gasteiger partial charge >= 0.3 is 0 Å². The second kappa shape index (κ2) is 7.26. The first-order chi connectivity index (χ1) is 12.0. The number of amides is 2. The third-order valence-electron chi connectivity index (χ3n) is 4.09. The van der Waals surface area contributed by atoms with Crippen LogP contribution in [-0.4, -0.2) is 31.8 Å². The van der Waals surface area contributed by atoms with Crippen LogP contribution in [0.15, 0.2) is 29.4 Å². The highest BCUT2D eigenvalue weighted by molar-refractivity contribution is 8.00. The second-order valence-corrected chi connectivity index (χ2v) is 7.36. The van der Waals surface area contributed by atoms with Crippen LogP contribution in [-0.2, 0) is 11.3 Å². The largest absolute Gasteiger partial charge is 0.366 e. The number of nitrogens with one attached hydrogen (secondary N) is 1. The summed E-state index contributed by atoms with van der Waals surface area (Å²) in [6.07, 6.45) is 2.33. The molecule has 0 spiro atoms. The Kier molecular flexibility index (Phi) is 5.08. The summed E-state index contributed by atoms with van der Waals surface area (Å²) in [4.78, 5) is 23.5. The zero-order chi connectivity index (χ0) is 18.0. The first-order valence-electron chi connectivity index (χ1n) is 8.30. The lowest BCUT2D eigenvalue weighted by atomic mass is 10.2. The molecule has 3 N–H and O–H groups in total. The molecule has 1 aliphatic rings. The Morgan fingerprint density at radius 1 is 1.32 bits per heavy atom. The van der Waals surface area contributed by atoms with Crippen LogP contribution in [0.2, 0.25) is 0 Å². The number of aromatic nitrogens is 3. The quantitative estimate of drug-likeness (QED) is 0.739. The van der Waals surface area contributed by atoms with E-state index in [1.165, 1.54) is 24.6 Å². The number of benzene rings is 1. The molecule has 0 saturated heterocycles. The molecule has 0 aliphatic heterocycles. The van der Waals surface area contributed by atoms with E-state index in [1.54, 1.807) is 24.3 Å². The van der Waals surface area contributed by atoms with Gasteiger partial charge in [0, 0.05) is 23.7 Å². The molecule has 2 amide bonds. The van der Waals surface area contributed by atoms with Gasteiger partial charge in [-0.05, 0) is 51.0 Å². The highest BCUT2D eigenvalue weighted by Crippen LogP contribution is 2.40. The van der Waals surface area contributed by atoms with E-state index in [-0.39, 0.29) is 11.2 Å². The Balaban J connectivity index is 1.63. The number of hydrogen-bond donors (Lipinski definition) is 2. The van der Waals surface area contributed by atoms with Gasteiger partial charge in [0.05, 0.1) is 5.25 Å². The van der Waals surface area contributed by atoms with Gasteiger partial charge in [-0.25, -0.2) is 0 Å². The molecule has 8 heteroatoms. The average molecular weight is 359 g/mol. The molecular formula is C17H21N5O2S. The third kappa shape index (κ3) is 4.01. The first kappa shape index (κ1) is 17.5. The van der Waals surface area contributed by atoms with Crippen molar-refractivity contribution in [3.05, 3.63) is 35.7 Å². The molecule has 1 unspecified atom stereocenters. The lowest BCUT2D eigenvalue weighted by Gasteiger charge is -2.13. The van der Waals surface area contributed by atoms with E-state index in [0.29, 0.717) is 17.2 Å². The molecule has 1 fully saturated rings. The minimum Gasteiger partial charge on any atom is -0.366 e. The van der Waals surface area contributed by atoms with E-state index in [1.807, 2.05) is 6.92 Å². The summed E-state index contributed by atoms with van der Waals surface area (Å²) >= 11 is 1.40. The number of thioether (sulfide) groups is 1. The Hall–Kier alpha value is -2.35. The number of primary amides is 1. The van der Waals surface area contributed by atoms with Crippen molar-refractivity contribution in [3.63, 3.8) is 0 Å². The Morgan fingerprint density at radius 3 is 2.56 bits per heavy atom. The lowest BCUT2D eigenvalue weighted by molar-refractivity contribution is -0.115. The predicted molar refractivity (Wildman–Crippen MR) is 96.6 cm³/mol. The first-order valence-corrected chi connectivity index (χ1v) is 9.18. The molecule has 1 aromatic heterocycles.